The summed E-state index contributed by atoms with van der Waals surface area (Å²) < 4.78 is 5.77. The van der Waals surface area contributed by atoms with Gasteiger partial charge in [-0.15, -0.1) is 0 Å². The van der Waals surface area contributed by atoms with Crippen LogP contribution >= 0.6 is 0 Å². The van der Waals surface area contributed by atoms with Crippen molar-refractivity contribution in [2.75, 3.05) is 6.54 Å². The molecule has 0 aliphatic rings. The number of carboxylic acid groups (broad SMARTS) is 1. The molecule has 1 amide bonds. The van der Waals surface area contributed by atoms with E-state index in [0.29, 0.717) is 28.0 Å². The zero-order chi connectivity index (χ0) is 18.7. The molecular formula is C19H17KN2O5. The van der Waals surface area contributed by atoms with Crippen LogP contribution in [0.15, 0.2) is 48.5 Å². The van der Waals surface area contributed by atoms with Gasteiger partial charge in [0.1, 0.15) is 18.0 Å². The number of aromatic nitrogens is 1. The van der Waals surface area contributed by atoms with Crippen LogP contribution in [0.5, 0.6) is 17.2 Å². The molecule has 7 nitrogen and oxygen atoms in total. The molecule has 0 aliphatic carbocycles. The third-order valence-electron chi connectivity index (χ3n) is 3.73. The monoisotopic (exact) mass is 392 g/mol. The van der Waals surface area contributed by atoms with Crippen LogP contribution in [0.4, 0.5) is 0 Å². The molecule has 0 atom stereocenters. The van der Waals surface area contributed by atoms with Gasteiger partial charge in [-0.05, 0) is 37.3 Å². The molecule has 0 unspecified atom stereocenters. The number of carbonyl (C=O) groups is 2. The van der Waals surface area contributed by atoms with Crippen molar-refractivity contribution in [1.29, 1.82) is 0 Å². The van der Waals surface area contributed by atoms with E-state index >= 15 is 0 Å². The summed E-state index contributed by atoms with van der Waals surface area (Å²) in [5, 5.41) is 22.3. The number of aryl methyl sites for hydroxylation is 1. The Morgan fingerprint density at radius 1 is 1.07 bits per heavy atom. The maximum atomic E-state index is 12.1. The number of para-hydroxylation sites is 1. The van der Waals surface area contributed by atoms with Crippen LogP contribution < -0.4 is 10.1 Å². The average Bonchev–Trinajstić information content (AvgIpc) is 2.63. The summed E-state index contributed by atoms with van der Waals surface area (Å²) in [5.41, 5.74) is 0.296. The van der Waals surface area contributed by atoms with E-state index in [1.165, 1.54) is 0 Å². The summed E-state index contributed by atoms with van der Waals surface area (Å²) in [7, 11) is 0. The summed E-state index contributed by atoms with van der Waals surface area (Å²) in [5.74, 6) is -1.00. The van der Waals surface area contributed by atoms with Gasteiger partial charge >= 0.3 is 57.4 Å². The molecule has 0 radical (unpaired) electrons. The van der Waals surface area contributed by atoms with E-state index in [9.17, 15) is 14.7 Å². The molecule has 0 aliphatic heterocycles. The number of nitrogens with zero attached hydrogens (tertiary/aromatic N) is 1. The zero-order valence-corrected chi connectivity index (χ0v) is 13.9. The molecule has 0 bridgehead atoms. The fraction of sp³-hybridized carbons (Fsp3) is 0.105. The van der Waals surface area contributed by atoms with Gasteiger partial charge in [0, 0.05) is 16.5 Å². The van der Waals surface area contributed by atoms with Crippen molar-refractivity contribution in [3.05, 3.63) is 59.9 Å². The number of pyridine rings is 1. The standard InChI is InChI=1S/C19H16N2O5.K.H/c1-11-15-9-13(26-12-5-3-2-4-6-12)7-8-14(15)18(24)17(21-11)19(25)20-10-16(22)23;;/h2-9,24H,10H2,1H3,(H,20,25)(H,22,23);;. The van der Waals surface area contributed by atoms with E-state index in [1.54, 1.807) is 25.1 Å². The molecule has 134 valence electrons. The number of rotatable bonds is 5. The molecule has 27 heavy (non-hydrogen) atoms. The third kappa shape index (κ3) is 5.05. The second kappa shape index (κ2) is 9.29. The number of aliphatic carboxylic acids is 1. The van der Waals surface area contributed by atoms with Crippen LogP contribution in [0, 0.1) is 6.92 Å². The van der Waals surface area contributed by atoms with Crippen molar-refractivity contribution in [2.45, 2.75) is 6.92 Å². The number of carbonyl (C=O) groups excluding carboxylic acids is 1. The van der Waals surface area contributed by atoms with Gasteiger partial charge in [0.05, 0.1) is 0 Å². The van der Waals surface area contributed by atoms with Crippen molar-refractivity contribution in [1.82, 2.24) is 10.3 Å². The van der Waals surface area contributed by atoms with E-state index in [-0.39, 0.29) is 62.8 Å². The Balaban J connectivity index is 0.00000261. The van der Waals surface area contributed by atoms with Gasteiger partial charge in [0.2, 0.25) is 0 Å². The Labute approximate surface area is 197 Å². The molecule has 2 aromatic carbocycles. The fourth-order valence-electron chi connectivity index (χ4n) is 2.52. The van der Waals surface area contributed by atoms with Crippen LogP contribution in [-0.4, -0.2) is 85.0 Å². The van der Waals surface area contributed by atoms with Gasteiger partial charge in [-0.2, -0.15) is 0 Å². The van der Waals surface area contributed by atoms with E-state index in [1.807, 2.05) is 30.3 Å². The molecule has 1 heterocycles. The first-order valence-electron chi connectivity index (χ1n) is 7.82. The molecule has 3 aromatic rings. The van der Waals surface area contributed by atoms with Crippen molar-refractivity contribution in [2.24, 2.45) is 0 Å². The SMILES string of the molecule is Cc1nc(C(=O)NCC(=O)O)c(O)c2ccc(Oc3ccccc3)cc12.[KH]. The number of nitrogens with one attached hydrogen (secondary N) is 1. The van der Waals surface area contributed by atoms with Crippen molar-refractivity contribution < 1.29 is 24.5 Å². The van der Waals surface area contributed by atoms with Crippen LogP contribution in [0.3, 0.4) is 0 Å². The first-order chi connectivity index (χ1) is 12.5. The molecule has 3 rings (SSSR count). The van der Waals surface area contributed by atoms with Gasteiger partial charge < -0.3 is 20.3 Å². The summed E-state index contributed by atoms with van der Waals surface area (Å²) >= 11 is 0. The second-order valence-electron chi connectivity index (χ2n) is 5.59. The predicted molar refractivity (Wildman–Crippen MR) is 102 cm³/mol. The summed E-state index contributed by atoms with van der Waals surface area (Å²) in [6.07, 6.45) is 0. The second-order valence-corrected chi connectivity index (χ2v) is 5.59. The number of hydrogen-bond donors (Lipinski definition) is 3. The van der Waals surface area contributed by atoms with Gasteiger partial charge in [-0.3, -0.25) is 9.59 Å². The van der Waals surface area contributed by atoms with Gasteiger partial charge in [0.15, 0.2) is 11.4 Å². The number of carboxylic acids is 1. The first kappa shape index (κ1) is 21.3. The molecule has 0 saturated heterocycles. The molecule has 0 saturated carbocycles. The van der Waals surface area contributed by atoms with E-state index in [0.717, 1.165) is 0 Å². The Morgan fingerprint density at radius 2 is 1.78 bits per heavy atom. The van der Waals surface area contributed by atoms with E-state index in [4.69, 9.17) is 9.84 Å². The number of ether oxygens (including phenoxy) is 1. The van der Waals surface area contributed by atoms with Crippen molar-refractivity contribution in [3.8, 4) is 17.2 Å². The molecule has 0 spiro atoms. The third-order valence-corrected chi connectivity index (χ3v) is 3.73. The fourth-order valence-corrected chi connectivity index (χ4v) is 2.52. The van der Waals surface area contributed by atoms with Crippen molar-refractivity contribution >= 4 is 74.0 Å². The van der Waals surface area contributed by atoms with Crippen LogP contribution in [0.1, 0.15) is 16.2 Å². The molecule has 3 N–H and O–H groups in total. The minimum atomic E-state index is -1.18. The van der Waals surface area contributed by atoms with Gasteiger partial charge in [-0.25, -0.2) is 4.98 Å². The van der Waals surface area contributed by atoms with E-state index < -0.39 is 18.4 Å². The zero-order valence-electron chi connectivity index (χ0n) is 13.9. The Hall–Kier alpha value is -1.97. The number of hydrogen-bond acceptors (Lipinski definition) is 5. The molecule has 8 heteroatoms. The minimum absolute atomic E-state index is 0. The topological polar surface area (TPSA) is 109 Å². The average molecular weight is 392 g/mol. The van der Waals surface area contributed by atoms with E-state index in [2.05, 4.69) is 10.3 Å². The number of fused-ring (bicyclic) bond motifs is 1. The van der Waals surface area contributed by atoms with Crippen molar-refractivity contribution in [3.63, 3.8) is 0 Å². The van der Waals surface area contributed by atoms with Gasteiger partial charge in [-0.1, -0.05) is 18.2 Å². The molecular weight excluding hydrogens is 375 g/mol. The Kier molecular flexibility index (Phi) is 7.34. The van der Waals surface area contributed by atoms with Gasteiger partial charge in [0.25, 0.3) is 5.91 Å². The molecule has 1 aromatic heterocycles. The van der Waals surface area contributed by atoms with Crippen LogP contribution in [-0.2, 0) is 4.79 Å². The normalized spacial score (nSPS) is 10.1. The summed E-state index contributed by atoms with van der Waals surface area (Å²) in [6.45, 7) is 1.14. The maximum absolute atomic E-state index is 12.1. The summed E-state index contributed by atoms with van der Waals surface area (Å²) in [6, 6.07) is 14.3. The number of amides is 1. The Bertz CT molecular complexity index is 992. The predicted octanol–water partition coefficient (Wildman–Crippen LogP) is 2.21. The summed E-state index contributed by atoms with van der Waals surface area (Å²) in [4.78, 5) is 26.7. The quantitative estimate of drug-likeness (QED) is 0.575. The van der Waals surface area contributed by atoms with Crippen LogP contribution in [0.25, 0.3) is 10.8 Å². The number of aromatic hydroxyl groups is 1. The van der Waals surface area contributed by atoms with Crippen LogP contribution in [0.2, 0.25) is 0 Å². The first-order valence-corrected chi connectivity index (χ1v) is 7.82. The Morgan fingerprint density at radius 3 is 2.44 bits per heavy atom. The molecule has 0 fully saturated rings. The number of benzene rings is 2.